The second-order valence-electron chi connectivity index (χ2n) is 5.21. The Hall–Kier alpha value is -3.48. The summed E-state index contributed by atoms with van der Waals surface area (Å²) in [5, 5.41) is 13.6. The van der Waals surface area contributed by atoms with Crippen molar-refractivity contribution < 1.29 is 19.2 Å². The predicted molar refractivity (Wildman–Crippen MR) is 92.3 cm³/mol. The van der Waals surface area contributed by atoms with Crippen molar-refractivity contribution in [2.75, 3.05) is 12.4 Å². The Morgan fingerprint density at radius 2 is 1.84 bits per heavy atom. The molecule has 0 spiro atoms. The SMILES string of the molecule is COC(=O)C(=CC(=O)c1cccc([N+](=O)[O-])c1)Nc1ccc(C)cc1. The summed E-state index contributed by atoms with van der Waals surface area (Å²) in [6.45, 7) is 1.92. The van der Waals surface area contributed by atoms with Gasteiger partial charge < -0.3 is 10.1 Å². The van der Waals surface area contributed by atoms with Crippen molar-refractivity contribution in [3.8, 4) is 0 Å². The molecule has 0 atom stereocenters. The number of nitro groups is 1. The van der Waals surface area contributed by atoms with Crippen LogP contribution in [0.2, 0.25) is 0 Å². The molecule has 0 aliphatic rings. The molecule has 0 unspecified atom stereocenters. The molecule has 0 bridgehead atoms. The normalized spacial score (nSPS) is 10.9. The van der Waals surface area contributed by atoms with Crippen LogP contribution in [-0.4, -0.2) is 23.8 Å². The Morgan fingerprint density at radius 3 is 2.44 bits per heavy atom. The Labute approximate surface area is 144 Å². The van der Waals surface area contributed by atoms with Crippen LogP contribution in [0.3, 0.4) is 0 Å². The number of ketones is 1. The summed E-state index contributed by atoms with van der Waals surface area (Å²) >= 11 is 0. The maximum absolute atomic E-state index is 12.3. The van der Waals surface area contributed by atoms with Crippen LogP contribution in [0.1, 0.15) is 15.9 Å². The Kier molecular flexibility index (Phi) is 5.62. The van der Waals surface area contributed by atoms with E-state index >= 15 is 0 Å². The minimum absolute atomic E-state index is 0.0668. The van der Waals surface area contributed by atoms with E-state index < -0.39 is 16.7 Å². The number of ether oxygens (including phenoxy) is 1. The number of nitrogens with one attached hydrogen (secondary N) is 1. The summed E-state index contributed by atoms with van der Waals surface area (Å²) in [4.78, 5) is 34.5. The van der Waals surface area contributed by atoms with E-state index in [-0.39, 0.29) is 16.9 Å². The molecule has 0 aliphatic carbocycles. The fourth-order valence-corrected chi connectivity index (χ4v) is 2.04. The monoisotopic (exact) mass is 340 g/mol. The first-order valence-electron chi connectivity index (χ1n) is 7.33. The minimum Gasteiger partial charge on any atom is -0.464 e. The largest absolute Gasteiger partial charge is 0.464 e. The lowest BCUT2D eigenvalue weighted by molar-refractivity contribution is -0.384. The van der Waals surface area contributed by atoms with E-state index in [4.69, 9.17) is 0 Å². The Bertz CT molecular complexity index is 841. The summed E-state index contributed by atoms with van der Waals surface area (Å²) in [5.74, 6) is -1.27. The number of hydrogen-bond donors (Lipinski definition) is 1. The highest BCUT2D eigenvalue weighted by molar-refractivity contribution is 6.09. The second kappa shape index (κ2) is 7.87. The Balaban J connectivity index is 2.31. The van der Waals surface area contributed by atoms with Gasteiger partial charge in [0.05, 0.1) is 12.0 Å². The molecule has 0 radical (unpaired) electrons. The highest BCUT2D eigenvalue weighted by atomic mass is 16.6. The van der Waals surface area contributed by atoms with Crippen LogP contribution < -0.4 is 5.32 Å². The lowest BCUT2D eigenvalue weighted by atomic mass is 10.1. The topological polar surface area (TPSA) is 98.5 Å². The third-order valence-corrected chi connectivity index (χ3v) is 3.35. The minimum atomic E-state index is -0.723. The van der Waals surface area contributed by atoms with Crippen molar-refractivity contribution in [1.82, 2.24) is 0 Å². The van der Waals surface area contributed by atoms with Gasteiger partial charge in [0.1, 0.15) is 5.70 Å². The number of non-ortho nitro benzene ring substituents is 1. The van der Waals surface area contributed by atoms with Gasteiger partial charge in [-0.25, -0.2) is 4.79 Å². The van der Waals surface area contributed by atoms with Gasteiger partial charge >= 0.3 is 5.97 Å². The number of anilines is 1. The molecule has 7 heteroatoms. The average Bonchev–Trinajstić information content (AvgIpc) is 2.62. The van der Waals surface area contributed by atoms with E-state index in [9.17, 15) is 19.7 Å². The molecule has 0 saturated heterocycles. The second-order valence-corrected chi connectivity index (χ2v) is 5.21. The molecular formula is C18H16N2O5. The number of carbonyl (C=O) groups is 2. The molecule has 0 aliphatic heterocycles. The molecule has 7 nitrogen and oxygen atoms in total. The predicted octanol–water partition coefficient (Wildman–Crippen LogP) is 3.25. The molecule has 25 heavy (non-hydrogen) atoms. The molecule has 2 rings (SSSR count). The van der Waals surface area contributed by atoms with Crippen molar-refractivity contribution in [1.29, 1.82) is 0 Å². The van der Waals surface area contributed by atoms with Gasteiger partial charge in [-0.1, -0.05) is 29.8 Å². The molecule has 0 amide bonds. The van der Waals surface area contributed by atoms with Gasteiger partial charge in [0.15, 0.2) is 5.78 Å². The van der Waals surface area contributed by atoms with Gasteiger partial charge in [0.25, 0.3) is 5.69 Å². The van der Waals surface area contributed by atoms with Gasteiger partial charge in [-0.3, -0.25) is 14.9 Å². The zero-order chi connectivity index (χ0) is 18.4. The van der Waals surface area contributed by atoms with Gasteiger partial charge in [-0.2, -0.15) is 0 Å². The summed E-state index contributed by atoms with van der Waals surface area (Å²) in [6.07, 6.45) is 1.06. The van der Waals surface area contributed by atoms with E-state index in [1.807, 2.05) is 19.1 Å². The smallest absolute Gasteiger partial charge is 0.354 e. The Morgan fingerprint density at radius 1 is 1.16 bits per heavy atom. The van der Waals surface area contributed by atoms with E-state index in [1.165, 1.54) is 25.3 Å². The summed E-state index contributed by atoms with van der Waals surface area (Å²) in [7, 11) is 1.20. The molecule has 128 valence electrons. The van der Waals surface area contributed by atoms with Crippen LogP contribution in [0.5, 0.6) is 0 Å². The zero-order valence-electron chi connectivity index (χ0n) is 13.7. The number of allylic oxidation sites excluding steroid dienone is 1. The van der Waals surface area contributed by atoms with Crippen LogP contribution in [0.15, 0.2) is 60.3 Å². The first-order valence-corrected chi connectivity index (χ1v) is 7.33. The number of benzene rings is 2. The van der Waals surface area contributed by atoms with Crippen LogP contribution in [0, 0.1) is 17.0 Å². The average molecular weight is 340 g/mol. The van der Waals surface area contributed by atoms with Crippen molar-refractivity contribution in [2.45, 2.75) is 6.92 Å². The first kappa shape index (κ1) is 17.9. The molecular weight excluding hydrogens is 324 g/mol. The first-order chi connectivity index (χ1) is 11.9. The lowest BCUT2D eigenvalue weighted by Gasteiger charge is -2.09. The third-order valence-electron chi connectivity index (χ3n) is 3.35. The molecule has 0 saturated carbocycles. The number of rotatable bonds is 6. The van der Waals surface area contributed by atoms with Gasteiger partial charge in [-0.15, -0.1) is 0 Å². The van der Waals surface area contributed by atoms with Gasteiger partial charge in [0.2, 0.25) is 0 Å². The maximum Gasteiger partial charge on any atom is 0.354 e. The summed E-state index contributed by atoms with van der Waals surface area (Å²) in [5.41, 5.74) is 1.48. The number of aryl methyl sites for hydroxylation is 1. The van der Waals surface area contributed by atoms with Crippen LogP contribution in [0.25, 0.3) is 0 Å². The maximum atomic E-state index is 12.3. The molecule has 1 N–H and O–H groups in total. The molecule has 0 heterocycles. The van der Waals surface area contributed by atoms with Gasteiger partial charge in [-0.05, 0) is 19.1 Å². The van der Waals surface area contributed by atoms with Crippen molar-refractivity contribution in [2.24, 2.45) is 0 Å². The van der Waals surface area contributed by atoms with Crippen LogP contribution in [-0.2, 0) is 9.53 Å². The molecule has 2 aromatic rings. The van der Waals surface area contributed by atoms with Crippen molar-refractivity contribution in [3.05, 3.63) is 81.5 Å². The number of esters is 1. The number of nitrogens with zero attached hydrogens (tertiary/aromatic N) is 1. The van der Waals surface area contributed by atoms with Crippen LogP contribution in [0.4, 0.5) is 11.4 Å². The quantitative estimate of drug-likeness (QED) is 0.285. The van der Waals surface area contributed by atoms with E-state index in [2.05, 4.69) is 10.1 Å². The highest BCUT2D eigenvalue weighted by Crippen LogP contribution is 2.16. The third kappa shape index (κ3) is 4.74. The van der Waals surface area contributed by atoms with Crippen molar-refractivity contribution in [3.63, 3.8) is 0 Å². The fraction of sp³-hybridized carbons (Fsp3) is 0.111. The number of nitro benzene ring substituents is 1. The number of methoxy groups -OCH3 is 1. The van der Waals surface area contributed by atoms with Crippen LogP contribution >= 0.6 is 0 Å². The van der Waals surface area contributed by atoms with Gasteiger partial charge in [0, 0.05) is 29.5 Å². The fourth-order valence-electron chi connectivity index (χ4n) is 2.04. The van der Waals surface area contributed by atoms with Crippen molar-refractivity contribution >= 4 is 23.1 Å². The standard InChI is InChI=1S/C18H16N2O5/c1-12-6-8-14(9-7-12)19-16(18(22)25-2)11-17(21)13-4-3-5-15(10-13)20(23)24/h3-11,19H,1-2H3. The number of carbonyl (C=O) groups excluding carboxylic acids is 2. The van der Waals surface area contributed by atoms with E-state index in [0.29, 0.717) is 5.69 Å². The van der Waals surface area contributed by atoms with E-state index in [1.54, 1.807) is 12.1 Å². The summed E-state index contributed by atoms with van der Waals surface area (Å²) in [6, 6.07) is 12.5. The lowest BCUT2D eigenvalue weighted by Crippen LogP contribution is -2.15. The zero-order valence-corrected chi connectivity index (χ0v) is 13.7. The number of hydrogen-bond acceptors (Lipinski definition) is 6. The summed E-state index contributed by atoms with van der Waals surface area (Å²) < 4.78 is 4.68. The molecule has 2 aromatic carbocycles. The molecule has 0 aromatic heterocycles. The highest BCUT2D eigenvalue weighted by Gasteiger charge is 2.15. The van der Waals surface area contributed by atoms with E-state index in [0.717, 1.165) is 17.7 Å². The molecule has 0 fully saturated rings.